The number of thiazole rings is 1. The zero-order chi connectivity index (χ0) is 10.8. The van der Waals surface area contributed by atoms with E-state index in [1.165, 1.54) is 56.4 Å². The summed E-state index contributed by atoms with van der Waals surface area (Å²) in [5.41, 5.74) is 2.38. The van der Waals surface area contributed by atoms with Crippen molar-refractivity contribution in [3.8, 4) is 0 Å². The molecule has 3 rings (SSSR count). The molecule has 0 aromatic carbocycles. The van der Waals surface area contributed by atoms with E-state index in [1.54, 1.807) is 0 Å². The number of aromatic nitrogens is 1. The summed E-state index contributed by atoms with van der Waals surface area (Å²) < 4.78 is 0. The fourth-order valence-electron chi connectivity index (χ4n) is 3.09. The van der Waals surface area contributed by atoms with Crippen LogP contribution in [0, 0.1) is 5.92 Å². The Balaban J connectivity index is 1.78. The topological polar surface area (TPSA) is 24.9 Å². The van der Waals surface area contributed by atoms with Crippen LogP contribution in [0.3, 0.4) is 0 Å². The van der Waals surface area contributed by atoms with E-state index in [-0.39, 0.29) is 0 Å². The molecule has 1 aromatic heterocycles. The Labute approximate surface area is 101 Å². The van der Waals surface area contributed by atoms with Crippen molar-refractivity contribution < 1.29 is 0 Å². The van der Waals surface area contributed by atoms with E-state index in [2.05, 4.69) is 16.5 Å². The zero-order valence-corrected chi connectivity index (χ0v) is 10.6. The fraction of sp³-hybridized carbons (Fsp3) is 0.769. The molecule has 1 unspecified atom stereocenters. The molecule has 2 aliphatic rings. The van der Waals surface area contributed by atoms with Crippen LogP contribution in [0.15, 0.2) is 11.7 Å². The Bertz CT molecular complexity index is 322. The Morgan fingerprint density at radius 2 is 2.31 bits per heavy atom. The van der Waals surface area contributed by atoms with Crippen molar-refractivity contribution in [1.29, 1.82) is 0 Å². The average Bonchev–Trinajstić information content (AvgIpc) is 3.05. The predicted molar refractivity (Wildman–Crippen MR) is 67.7 cm³/mol. The lowest BCUT2D eigenvalue weighted by molar-refractivity contribution is 0.272. The maximum absolute atomic E-state index is 4.21. The van der Waals surface area contributed by atoms with Crippen LogP contribution in [-0.2, 0) is 6.42 Å². The quantitative estimate of drug-likeness (QED) is 0.872. The van der Waals surface area contributed by atoms with E-state index in [0.29, 0.717) is 5.54 Å². The van der Waals surface area contributed by atoms with E-state index < -0.39 is 0 Å². The first-order valence-corrected chi connectivity index (χ1v) is 7.39. The Morgan fingerprint density at radius 3 is 3.06 bits per heavy atom. The van der Waals surface area contributed by atoms with Crippen LogP contribution in [0.5, 0.6) is 0 Å². The maximum atomic E-state index is 4.21. The average molecular weight is 236 g/mol. The van der Waals surface area contributed by atoms with E-state index in [0.717, 1.165) is 5.92 Å². The third-order valence-corrected chi connectivity index (χ3v) is 4.89. The minimum absolute atomic E-state index is 0.420. The first-order chi connectivity index (χ1) is 7.89. The van der Waals surface area contributed by atoms with Crippen LogP contribution < -0.4 is 5.32 Å². The van der Waals surface area contributed by atoms with Crippen LogP contribution in [0.25, 0.3) is 0 Å². The highest BCUT2D eigenvalue weighted by atomic mass is 32.1. The Kier molecular flexibility index (Phi) is 2.99. The number of hydrogen-bond donors (Lipinski definition) is 1. The lowest BCUT2D eigenvalue weighted by Crippen LogP contribution is -2.48. The first-order valence-electron chi connectivity index (χ1n) is 6.51. The van der Waals surface area contributed by atoms with Crippen molar-refractivity contribution >= 4 is 11.3 Å². The summed E-state index contributed by atoms with van der Waals surface area (Å²) in [4.78, 5) is 5.67. The van der Waals surface area contributed by atoms with Crippen molar-refractivity contribution in [2.45, 2.75) is 50.5 Å². The van der Waals surface area contributed by atoms with Gasteiger partial charge in [0.25, 0.3) is 0 Å². The van der Waals surface area contributed by atoms with Gasteiger partial charge in [0.1, 0.15) is 0 Å². The number of hydrogen-bond acceptors (Lipinski definition) is 3. The van der Waals surface area contributed by atoms with Gasteiger partial charge in [0.2, 0.25) is 0 Å². The highest BCUT2D eigenvalue weighted by molar-refractivity contribution is 7.09. The summed E-state index contributed by atoms with van der Waals surface area (Å²) in [6, 6.07) is 0. The van der Waals surface area contributed by atoms with Crippen molar-refractivity contribution in [2.75, 3.05) is 6.54 Å². The van der Waals surface area contributed by atoms with Crippen LogP contribution in [-0.4, -0.2) is 17.1 Å². The molecule has 1 atom stereocenters. The molecule has 0 radical (unpaired) electrons. The normalized spacial score (nSPS) is 31.2. The number of nitrogens with one attached hydrogen (secondary N) is 1. The van der Waals surface area contributed by atoms with Crippen molar-refractivity contribution in [3.05, 3.63) is 16.6 Å². The summed E-state index contributed by atoms with van der Waals surface area (Å²) >= 11 is 1.82. The third-order valence-electron chi connectivity index (χ3n) is 4.11. The molecule has 1 saturated heterocycles. The van der Waals surface area contributed by atoms with Gasteiger partial charge in [0.05, 0.1) is 5.51 Å². The fourth-order valence-corrected chi connectivity index (χ4v) is 3.81. The lowest BCUT2D eigenvalue weighted by Gasteiger charge is -2.34. The van der Waals surface area contributed by atoms with Crippen molar-refractivity contribution in [2.24, 2.45) is 5.92 Å². The van der Waals surface area contributed by atoms with E-state index in [9.17, 15) is 0 Å². The second kappa shape index (κ2) is 4.46. The number of rotatable bonds is 3. The minimum Gasteiger partial charge on any atom is -0.311 e. The van der Waals surface area contributed by atoms with Gasteiger partial charge in [-0.15, -0.1) is 11.3 Å². The summed E-state index contributed by atoms with van der Waals surface area (Å²) in [5.74, 6) is 0.938. The van der Waals surface area contributed by atoms with Gasteiger partial charge in [-0.3, -0.25) is 4.98 Å². The van der Waals surface area contributed by atoms with Gasteiger partial charge in [-0.2, -0.15) is 0 Å². The van der Waals surface area contributed by atoms with Gasteiger partial charge >= 0.3 is 0 Å². The summed E-state index contributed by atoms with van der Waals surface area (Å²) in [5, 5.41) is 3.87. The standard InChI is InChI=1S/C13H20N2S/c1-2-6-13(11-4-5-11,15-7-3-1)8-12-9-14-10-16-12/h9-11,15H,1-8H2. The van der Waals surface area contributed by atoms with E-state index >= 15 is 0 Å². The summed E-state index contributed by atoms with van der Waals surface area (Å²) in [6.45, 7) is 1.22. The Hall–Kier alpha value is -0.410. The van der Waals surface area contributed by atoms with Gasteiger partial charge in [-0.1, -0.05) is 12.8 Å². The second-order valence-electron chi connectivity index (χ2n) is 5.31. The molecule has 0 bridgehead atoms. The second-order valence-corrected chi connectivity index (χ2v) is 6.28. The van der Waals surface area contributed by atoms with Gasteiger partial charge in [0.15, 0.2) is 0 Å². The van der Waals surface area contributed by atoms with Crippen molar-refractivity contribution in [3.63, 3.8) is 0 Å². The highest BCUT2D eigenvalue weighted by Gasteiger charge is 2.44. The molecule has 16 heavy (non-hydrogen) atoms. The van der Waals surface area contributed by atoms with Crippen molar-refractivity contribution in [1.82, 2.24) is 10.3 Å². The Morgan fingerprint density at radius 1 is 1.38 bits per heavy atom. The molecule has 1 aliphatic carbocycles. The molecular formula is C13H20N2S. The first kappa shape index (κ1) is 10.7. The molecular weight excluding hydrogens is 216 g/mol. The van der Waals surface area contributed by atoms with E-state index in [1.807, 2.05) is 16.8 Å². The monoisotopic (exact) mass is 236 g/mol. The molecule has 1 saturated carbocycles. The largest absolute Gasteiger partial charge is 0.311 e. The molecule has 1 aromatic rings. The highest BCUT2D eigenvalue weighted by Crippen LogP contribution is 2.45. The van der Waals surface area contributed by atoms with Gasteiger partial charge in [-0.05, 0) is 38.1 Å². The summed E-state index contributed by atoms with van der Waals surface area (Å²) in [7, 11) is 0. The molecule has 0 amide bonds. The molecule has 1 N–H and O–H groups in total. The molecule has 88 valence electrons. The SMILES string of the molecule is c1ncc(CC2(C3CC3)CCCCCN2)s1. The zero-order valence-electron chi connectivity index (χ0n) is 9.74. The van der Waals surface area contributed by atoms with Gasteiger partial charge in [-0.25, -0.2) is 0 Å². The maximum Gasteiger partial charge on any atom is 0.0794 e. The molecule has 2 nitrogen and oxygen atoms in total. The van der Waals surface area contributed by atoms with Crippen LogP contribution in [0.2, 0.25) is 0 Å². The van der Waals surface area contributed by atoms with Crippen LogP contribution in [0.1, 0.15) is 43.4 Å². The minimum atomic E-state index is 0.420. The molecule has 3 heteroatoms. The molecule has 2 fully saturated rings. The lowest BCUT2D eigenvalue weighted by atomic mass is 9.84. The molecule has 2 heterocycles. The van der Waals surface area contributed by atoms with Crippen LogP contribution >= 0.6 is 11.3 Å². The van der Waals surface area contributed by atoms with Gasteiger partial charge in [0, 0.05) is 23.0 Å². The summed E-state index contributed by atoms with van der Waals surface area (Å²) in [6.07, 6.45) is 11.7. The molecule has 1 aliphatic heterocycles. The van der Waals surface area contributed by atoms with Crippen LogP contribution in [0.4, 0.5) is 0 Å². The molecule has 0 spiro atoms. The smallest absolute Gasteiger partial charge is 0.0794 e. The third kappa shape index (κ3) is 2.16. The predicted octanol–water partition coefficient (Wildman–Crippen LogP) is 3.00. The van der Waals surface area contributed by atoms with Gasteiger partial charge < -0.3 is 5.32 Å². The van der Waals surface area contributed by atoms with E-state index in [4.69, 9.17) is 0 Å². The number of nitrogens with zero attached hydrogens (tertiary/aromatic N) is 1.